The molecule has 1 amide bonds. The van der Waals surface area contributed by atoms with E-state index in [1.165, 1.54) is 0 Å². The Kier molecular flexibility index (Phi) is 6.02. The average Bonchev–Trinajstić information content (AvgIpc) is 2.55. The van der Waals surface area contributed by atoms with Crippen molar-refractivity contribution in [2.45, 2.75) is 25.9 Å². The highest BCUT2D eigenvalue weighted by Crippen LogP contribution is 2.23. The molecule has 0 saturated heterocycles. The highest BCUT2D eigenvalue weighted by atomic mass is 35.5. The van der Waals surface area contributed by atoms with E-state index in [-0.39, 0.29) is 18.0 Å². The second kappa shape index (κ2) is 7.99. The maximum Gasteiger partial charge on any atom is 0.241 e. The Morgan fingerprint density at radius 2 is 1.87 bits per heavy atom. The van der Waals surface area contributed by atoms with Crippen molar-refractivity contribution in [1.29, 1.82) is 0 Å². The van der Waals surface area contributed by atoms with Crippen molar-refractivity contribution in [2.75, 3.05) is 12.4 Å². The first-order valence-corrected chi connectivity index (χ1v) is 7.84. The molecular weight excluding hydrogens is 312 g/mol. The van der Waals surface area contributed by atoms with Gasteiger partial charge in [0, 0.05) is 11.1 Å². The predicted octanol–water partition coefficient (Wildman–Crippen LogP) is 4.03. The Morgan fingerprint density at radius 3 is 2.57 bits per heavy atom. The molecule has 2 aromatic carbocycles. The lowest BCUT2D eigenvalue weighted by Gasteiger charge is -2.20. The van der Waals surface area contributed by atoms with Gasteiger partial charge in [-0.1, -0.05) is 35.9 Å². The third-order valence-corrected chi connectivity index (χ3v) is 3.84. The molecule has 2 rings (SSSR count). The van der Waals surface area contributed by atoms with Gasteiger partial charge in [-0.2, -0.15) is 0 Å². The lowest BCUT2D eigenvalue weighted by Crippen LogP contribution is -2.39. The number of rotatable bonds is 6. The molecule has 0 unspecified atom stereocenters. The second-order valence-corrected chi connectivity index (χ2v) is 5.79. The van der Waals surface area contributed by atoms with Crippen LogP contribution in [0, 0.1) is 0 Å². The van der Waals surface area contributed by atoms with E-state index in [0.717, 1.165) is 5.56 Å². The Morgan fingerprint density at radius 1 is 1.13 bits per heavy atom. The first kappa shape index (κ1) is 17.3. The second-order valence-electron chi connectivity index (χ2n) is 5.35. The maximum atomic E-state index is 12.4. The van der Waals surface area contributed by atoms with Crippen molar-refractivity contribution in [1.82, 2.24) is 5.32 Å². The number of carbonyl (C=O) groups excluding carboxylic acids is 1. The summed E-state index contributed by atoms with van der Waals surface area (Å²) in [7, 11) is 1.58. The number of nitrogens with one attached hydrogen (secondary N) is 2. The lowest BCUT2D eigenvalue weighted by atomic mass is 10.1. The number of anilines is 1. The molecule has 0 spiro atoms. The fraction of sp³-hybridized carbons (Fsp3) is 0.278. The van der Waals surface area contributed by atoms with Gasteiger partial charge in [0.1, 0.15) is 5.75 Å². The van der Waals surface area contributed by atoms with Gasteiger partial charge in [0.15, 0.2) is 0 Å². The molecule has 2 atom stereocenters. The first-order valence-electron chi connectivity index (χ1n) is 7.46. The predicted molar refractivity (Wildman–Crippen MR) is 94.1 cm³/mol. The van der Waals surface area contributed by atoms with Crippen LogP contribution in [-0.2, 0) is 4.79 Å². The minimum Gasteiger partial charge on any atom is -0.495 e. The normalized spacial score (nSPS) is 13.2. The van der Waals surface area contributed by atoms with Crippen LogP contribution in [0.3, 0.4) is 0 Å². The number of halogens is 1. The summed E-state index contributed by atoms with van der Waals surface area (Å²) >= 11 is 6.01. The molecule has 0 aliphatic carbocycles. The van der Waals surface area contributed by atoms with Gasteiger partial charge < -0.3 is 10.1 Å². The van der Waals surface area contributed by atoms with Crippen LogP contribution >= 0.6 is 11.6 Å². The van der Waals surface area contributed by atoms with Crippen LogP contribution in [-0.4, -0.2) is 19.1 Å². The van der Waals surface area contributed by atoms with Gasteiger partial charge in [0.05, 0.1) is 18.8 Å². The molecule has 0 heterocycles. The zero-order valence-corrected chi connectivity index (χ0v) is 14.2. The Labute approximate surface area is 141 Å². The molecule has 122 valence electrons. The maximum absolute atomic E-state index is 12.4. The number of hydrogen-bond donors (Lipinski definition) is 2. The van der Waals surface area contributed by atoms with Gasteiger partial charge in [-0.05, 0) is 43.7 Å². The van der Waals surface area contributed by atoms with Crippen LogP contribution in [0.15, 0.2) is 48.5 Å². The molecule has 0 fully saturated rings. The van der Waals surface area contributed by atoms with E-state index < -0.39 is 0 Å². The Balaban J connectivity index is 1.99. The third-order valence-electron chi connectivity index (χ3n) is 3.61. The molecule has 2 N–H and O–H groups in total. The fourth-order valence-corrected chi connectivity index (χ4v) is 2.51. The third kappa shape index (κ3) is 4.71. The van der Waals surface area contributed by atoms with Gasteiger partial charge in [0.25, 0.3) is 0 Å². The molecule has 0 radical (unpaired) electrons. The number of methoxy groups -OCH3 is 1. The minimum atomic E-state index is -0.367. The summed E-state index contributed by atoms with van der Waals surface area (Å²) in [6.45, 7) is 3.82. The summed E-state index contributed by atoms with van der Waals surface area (Å²) in [6, 6.07) is 14.6. The van der Waals surface area contributed by atoms with Crippen LogP contribution in [0.5, 0.6) is 5.75 Å². The van der Waals surface area contributed by atoms with Crippen LogP contribution < -0.4 is 15.4 Å². The van der Waals surface area contributed by atoms with Gasteiger partial charge in [-0.15, -0.1) is 0 Å². The SMILES string of the molecule is COc1ccccc1NC(=O)[C@H](C)N[C@@H](C)c1cccc(Cl)c1. The highest BCUT2D eigenvalue weighted by molar-refractivity contribution is 6.30. The zero-order chi connectivity index (χ0) is 16.8. The van der Waals surface area contributed by atoms with E-state index in [4.69, 9.17) is 16.3 Å². The van der Waals surface area contributed by atoms with Crippen molar-refractivity contribution in [3.05, 3.63) is 59.1 Å². The summed E-state index contributed by atoms with van der Waals surface area (Å²) in [4.78, 5) is 12.4. The van der Waals surface area contributed by atoms with Gasteiger partial charge in [0.2, 0.25) is 5.91 Å². The summed E-state index contributed by atoms with van der Waals surface area (Å²) in [5.41, 5.74) is 1.69. The van der Waals surface area contributed by atoms with Crippen LogP contribution in [0.25, 0.3) is 0 Å². The number of amides is 1. The van der Waals surface area contributed by atoms with E-state index in [2.05, 4.69) is 10.6 Å². The quantitative estimate of drug-likeness (QED) is 0.839. The highest BCUT2D eigenvalue weighted by Gasteiger charge is 2.17. The zero-order valence-electron chi connectivity index (χ0n) is 13.5. The molecule has 0 saturated carbocycles. The van der Waals surface area contributed by atoms with E-state index in [0.29, 0.717) is 16.5 Å². The molecule has 2 aromatic rings. The molecule has 0 aliphatic heterocycles. The smallest absolute Gasteiger partial charge is 0.241 e. The molecule has 0 aliphatic rings. The molecule has 4 nitrogen and oxygen atoms in total. The molecule has 0 aromatic heterocycles. The number of hydrogen-bond acceptors (Lipinski definition) is 3. The molecule has 0 bridgehead atoms. The molecular formula is C18H21ClN2O2. The van der Waals surface area contributed by atoms with E-state index in [9.17, 15) is 4.79 Å². The van der Waals surface area contributed by atoms with Gasteiger partial charge >= 0.3 is 0 Å². The van der Waals surface area contributed by atoms with Crippen molar-refractivity contribution in [3.63, 3.8) is 0 Å². The number of carbonyl (C=O) groups is 1. The van der Waals surface area contributed by atoms with Crippen molar-refractivity contribution in [3.8, 4) is 5.75 Å². The van der Waals surface area contributed by atoms with Gasteiger partial charge in [-0.3, -0.25) is 10.1 Å². The standard InChI is InChI=1S/C18H21ClN2O2/c1-12(14-7-6-8-15(19)11-14)20-13(2)18(22)21-16-9-4-5-10-17(16)23-3/h4-13,20H,1-3H3,(H,21,22)/t12-,13-/m0/s1. The molecule has 23 heavy (non-hydrogen) atoms. The Bertz CT molecular complexity index is 676. The monoisotopic (exact) mass is 332 g/mol. The fourth-order valence-electron chi connectivity index (χ4n) is 2.31. The van der Waals surface area contributed by atoms with E-state index in [1.807, 2.05) is 62.4 Å². The van der Waals surface area contributed by atoms with E-state index in [1.54, 1.807) is 7.11 Å². The van der Waals surface area contributed by atoms with Crippen molar-refractivity contribution < 1.29 is 9.53 Å². The lowest BCUT2D eigenvalue weighted by molar-refractivity contribution is -0.117. The largest absolute Gasteiger partial charge is 0.495 e. The molecule has 5 heteroatoms. The topological polar surface area (TPSA) is 50.4 Å². The van der Waals surface area contributed by atoms with Crippen LogP contribution in [0.2, 0.25) is 5.02 Å². The first-order chi connectivity index (χ1) is 11.0. The average molecular weight is 333 g/mol. The van der Waals surface area contributed by atoms with Crippen molar-refractivity contribution in [2.24, 2.45) is 0 Å². The summed E-state index contributed by atoms with van der Waals surface area (Å²) in [5, 5.41) is 6.83. The van der Waals surface area contributed by atoms with E-state index >= 15 is 0 Å². The Hall–Kier alpha value is -2.04. The summed E-state index contributed by atoms with van der Waals surface area (Å²) in [5.74, 6) is 0.513. The van der Waals surface area contributed by atoms with Crippen LogP contribution in [0.4, 0.5) is 5.69 Å². The summed E-state index contributed by atoms with van der Waals surface area (Å²) < 4.78 is 5.24. The van der Waals surface area contributed by atoms with Crippen LogP contribution in [0.1, 0.15) is 25.5 Å². The minimum absolute atomic E-state index is 0.00659. The number of para-hydroxylation sites is 2. The van der Waals surface area contributed by atoms with Gasteiger partial charge in [-0.25, -0.2) is 0 Å². The number of benzene rings is 2. The van der Waals surface area contributed by atoms with Crippen molar-refractivity contribution >= 4 is 23.2 Å². The number of ether oxygens (including phenoxy) is 1. The summed E-state index contributed by atoms with van der Waals surface area (Å²) in [6.07, 6.45) is 0.